The van der Waals surface area contributed by atoms with Crippen molar-refractivity contribution in [3.05, 3.63) is 12.2 Å². The van der Waals surface area contributed by atoms with Crippen LogP contribution in [0.15, 0.2) is 12.2 Å². The van der Waals surface area contributed by atoms with Crippen LogP contribution in [-0.2, 0) is 9.47 Å². The number of methoxy groups -OCH3 is 1. The van der Waals surface area contributed by atoms with E-state index in [1.54, 1.807) is 7.11 Å². The first-order valence-electron chi connectivity index (χ1n) is 4.26. The lowest BCUT2D eigenvalue weighted by Crippen LogP contribution is -2.24. The molecule has 3 heteroatoms. The molecule has 0 fully saturated rings. The van der Waals surface area contributed by atoms with Crippen LogP contribution in [0, 0.1) is 0 Å². The van der Waals surface area contributed by atoms with Crippen molar-refractivity contribution in [1.82, 2.24) is 0 Å². The Labute approximate surface area is 73.0 Å². The topological polar surface area (TPSA) is 38.7 Å². The number of rotatable bonds is 5. The smallest absolute Gasteiger partial charge is 0.101 e. The second kappa shape index (κ2) is 5.30. The van der Waals surface area contributed by atoms with Crippen LogP contribution in [0.2, 0.25) is 0 Å². The van der Waals surface area contributed by atoms with Crippen molar-refractivity contribution in [2.75, 3.05) is 20.3 Å². The molecule has 1 aliphatic carbocycles. The highest BCUT2D eigenvalue weighted by atomic mass is 16.5. The van der Waals surface area contributed by atoms with Crippen LogP contribution in [0.4, 0.5) is 0 Å². The molecule has 0 aromatic rings. The summed E-state index contributed by atoms with van der Waals surface area (Å²) in [7, 11) is 1.57. The van der Waals surface area contributed by atoms with Gasteiger partial charge in [-0.3, -0.25) is 0 Å². The molecule has 70 valence electrons. The summed E-state index contributed by atoms with van der Waals surface area (Å²) in [6.07, 6.45) is 5.94. The number of hydrogen-bond acceptors (Lipinski definition) is 3. The minimum Gasteiger partial charge on any atom is -0.388 e. The van der Waals surface area contributed by atoms with Gasteiger partial charge in [-0.2, -0.15) is 0 Å². The summed E-state index contributed by atoms with van der Waals surface area (Å²) in [5.41, 5.74) is 0. The SMILES string of the molecule is COCC(O)COC1CC=CC1. The third-order valence-electron chi connectivity index (χ3n) is 1.85. The lowest BCUT2D eigenvalue weighted by molar-refractivity contribution is -0.0322. The van der Waals surface area contributed by atoms with Crippen molar-refractivity contribution < 1.29 is 14.6 Å². The lowest BCUT2D eigenvalue weighted by atomic mass is 10.3. The van der Waals surface area contributed by atoms with Gasteiger partial charge in [0.05, 0.1) is 19.3 Å². The number of aliphatic hydroxyl groups excluding tert-OH is 1. The standard InChI is InChI=1S/C9H16O3/c1-11-6-8(10)7-12-9-4-2-3-5-9/h2-3,8-10H,4-7H2,1H3. The van der Waals surface area contributed by atoms with Gasteiger partial charge >= 0.3 is 0 Å². The molecule has 3 nitrogen and oxygen atoms in total. The van der Waals surface area contributed by atoms with Crippen LogP contribution >= 0.6 is 0 Å². The maximum atomic E-state index is 9.24. The first-order chi connectivity index (χ1) is 5.83. The van der Waals surface area contributed by atoms with Gasteiger partial charge in [0.1, 0.15) is 6.10 Å². The van der Waals surface area contributed by atoms with Crippen LogP contribution in [0.5, 0.6) is 0 Å². The molecule has 0 saturated carbocycles. The second-order valence-electron chi connectivity index (χ2n) is 3.01. The Hall–Kier alpha value is -0.380. The lowest BCUT2D eigenvalue weighted by Gasteiger charge is -2.14. The quantitative estimate of drug-likeness (QED) is 0.621. The third-order valence-corrected chi connectivity index (χ3v) is 1.85. The van der Waals surface area contributed by atoms with E-state index in [1.165, 1.54) is 0 Å². The Bertz CT molecular complexity index is 137. The highest BCUT2D eigenvalue weighted by molar-refractivity contribution is 4.95. The molecule has 0 spiro atoms. The van der Waals surface area contributed by atoms with Crippen molar-refractivity contribution in [1.29, 1.82) is 0 Å². The van der Waals surface area contributed by atoms with E-state index in [2.05, 4.69) is 12.2 Å². The monoisotopic (exact) mass is 172 g/mol. The van der Waals surface area contributed by atoms with Gasteiger partial charge in [-0.05, 0) is 12.8 Å². The maximum Gasteiger partial charge on any atom is 0.101 e. The molecule has 1 atom stereocenters. The zero-order chi connectivity index (χ0) is 8.81. The summed E-state index contributed by atoms with van der Waals surface area (Å²) in [6.45, 7) is 0.723. The Morgan fingerprint density at radius 2 is 2.08 bits per heavy atom. The maximum absolute atomic E-state index is 9.24. The van der Waals surface area contributed by atoms with Gasteiger partial charge in [-0.15, -0.1) is 0 Å². The molecular formula is C9H16O3. The summed E-state index contributed by atoms with van der Waals surface area (Å²) in [4.78, 5) is 0. The molecule has 0 bridgehead atoms. The number of hydrogen-bond donors (Lipinski definition) is 1. The summed E-state index contributed by atoms with van der Waals surface area (Å²) in [6, 6.07) is 0. The Kier molecular flexibility index (Phi) is 4.29. The Morgan fingerprint density at radius 3 is 2.67 bits per heavy atom. The highest BCUT2D eigenvalue weighted by Crippen LogP contribution is 2.13. The van der Waals surface area contributed by atoms with Gasteiger partial charge in [0.2, 0.25) is 0 Å². The van der Waals surface area contributed by atoms with Crippen molar-refractivity contribution in [2.45, 2.75) is 25.0 Å². The molecule has 0 radical (unpaired) electrons. The largest absolute Gasteiger partial charge is 0.388 e. The Morgan fingerprint density at radius 1 is 1.42 bits per heavy atom. The third kappa shape index (κ3) is 3.34. The average Bonchev–Trinajstić information content (AvgIpc) is 2.53. The van der Waals surface area contributed by atoms with Crippen LogP contribution in [0.1, 0.15) is 12.8 Å². The molecule has 1 unspecified atom stereocenters. The van der Waals surface area contributed by atoms with E-state index >= 15 is 0 Å². The Balaban J connectivity index is 2.00. The van der Waals surface area contributed by atoms with E-state index in [0.29, 0.717) is 13.2 Å². The minimum absolute atomic E-state index is 0.275. The molecule has 0 amide bonds. The molecule has 0 aliphatic heterocycles. The molecule has 12 heavy (non-hydrogen) atoms. The van der Waals surface area contributed by atoms with Crippen LogP contribution in [-0.4, -0.2) is 37.6 Å². The van der Waals surface area contributed by atoms with Crippen LogP contribution in [0.25, 0.3) is 0 Å². The van der Waals surface area contributed by atoms with Gasteiger partial charge in [0.25, 0.3) is 0 Å². The second-order valence-corrected chi connectivity index (χ2v) is 3.01. The van der Waals surface area contributed by atoms with Crippen molar-refractivity contribution in [3.63, 3.8) is 0 Å². The summed E-state index contributed by atoms with van der Waals surface area (Å²) in [5.74, 6) is 0. The first-order valence-corrected chi connectivity index (χ1v) is 4.26. The number of ether oxygens (including phenoxy) is 2. The highest BCUT2D eigenvalue weighted by Gasteiger charge is 2.12. The van der Waals surface area contributed by atoms with Gasteiger partial charge < -0.3 is 14.6 Å². The summed E-state index contributed by atoms with van der Waals surface area (Å²) in [5, 5.41) is 9.24. The molecular weight excluding hydrogens is 156 g/mol. The fourth-order valence-corrected chi connectivity index (χ4v) is 1.22. The zero-order valence-electron chi connectivity index (χ0n) is 7.40. The molecule has 0 aromatic carbocycles. The van der Waals surface area contributed by atoms with Crippen molar-refractivity contribution >= 4 is 0 Å². The zero-order valence-corrected chi connectivity index (χ0v) is 7.40. The van der Waals surface area contributed by atoms with E-state index in [0.717, 1.165) is 12.8 Å². The summed E-state index contributed by atoms with van der Waals surface area (Å²) < 4.78 is 10.2. The average molecular weight is 172 g/mol. The van der Waals surface area contributed by atoms with E-state index in [1.807, 2.05) is 0 Å². The molecule has 0 heterocycles. The summed E-state index contributed by atoms with van der Waals surface area (Å²) >= 11 is 0. The fourth-order valence-electron chi connectivity index (χ4n) is 1.22. The molecule has 1 N–H and O–H groups in total. The van der Waals surface area contributed by atoms with E-state index in [9.17, 15) is 5.11 Å². The van der Waals surface area contributed by atoms with E-state index in [-0.39, 0.29) is 6.10 Å². The molecule has 1 aliphatic rings. The molecule has 0 saturated heterocycles. The van der Waals surface area contributed by atoms with Gasteiger partial charge in [-0.25, -0.2) is 0 Å². The van der Waals surface area contributed by atoms with Crippen molar-refractivity contribution in [2.24, 2.45) is 0 Å². The normalized spacial score (nSPS) is 20.2. The van der Waals surface area contributed by atoms with E-state index in [4.69, 9.17) is 9.47 Å². The van der Waals surface area contributed by atoms with Gasteiger partial charge in [-0.1, -0.05) is 12.2 Å². The van der Waals surface area contributed by atoms with Gasteiger partial charge in [0.15, 0.2) is 0 Å². The van der Waals surface area contributed by atoms with E-state index < -0.39 is 6.10 Å². The molecule has 0 aromatic heterocycles. The predicted octanol–water partition coefficient (Wildman–Crippen LogP) is 0.729. The van der Waals surface area contributed by atoms with Gasteiger partial charge in [0, 0.05) is 7.11 Å². The fraction of sp³-hybridized carbons (Fsp3) is 0.778. The van der Waals surface area contributed by atoms with Crippen LogP contribution < -0.4 is 0 Å². The number of aliphatic hydroxyl groups is 1. The van der Waals surface area contributed by atoms with Crippen LogP contribution in [0.3, 0.4) is 0 Å². The minimum atomic E-state index is -0.490. The predicted molar refractivity (Wildman–Crippen MR) is 46.0 cm³/mol. The molecule has 1 rings (SSSR count). The van der Waals surface area contributed by atoms with Crippen molar-refractivity contribution in [3.8, 4) is 0 Å². The first kappa shape index (κ1) is 9.71.